The minimum absolute atomic E-state index is 0.0627. The van der Waals surface area contributed by atoms with Crippen LogP contribution in [0.25, 0.3) is 0 Å². The third-order valence-corrected chi connectivity index (χ3v) is 4.72. The summed E-state index contributed by atoms with van der Waals surface area (Å²) >= 11 is 0. The quantitative estimate of drug-likeness (QED) is 0.900. The maximum Gasteiger partial charge on any atom is 0.244 e. The molecule has 1 aromatic rings. The fourth-order valence-electron chi connectivity index (χ4n) is 3.19. The third kappa shape index (κ3) is 2.84. The van der Waals surface area contributed by atoms with Gasteiger partial charge < -0.3 is 4.90 Å². The molecule has 1 atom stereocenters. The fourth-order valence-corrected chi connectivity index (χ4v) is 3.19. The van der Waals surface area contributed by atoms with Crippen LogP contribution in [0.2, 0.25) is 0 Å². The van der Waals surface area contributed by atoms with Crippen LogP contribution in [0.3, 0.4) is 0 Å². The van der Waals surface area contributed by atoms with Gasteiger partial charge in [-0.25, -0.2) is 0 Å². The Balaban J connectivity index is 1.76. The van der Waals surface area contributed by atoms with Crippen molar-refractivity contribution in [1.29, 1.82) is 0 Å². The molecule has 1 saturated carbocycles. The summed E-state index contributed by atoms with van der Waals surface area (Å²) in [6.07, 6.45) is 4.32. The molecule has 1 unspecified atom stereocenters. The second-order valence-electron chi connectivity index (χ2n) is 7.07. The minimum atomic E-state index is -0.229. The van der Waals surface area contributed by atoms with Gasteiger partial charge in [0.2, 0.25) is 5.91 Å². The average Bonchev–Trinajstić information content (AvgIpc) is 3.17. The summed E-state index contributed by atoms with van der Waals surface area (Å²) < 4.78 is 0. The van der Waals surface area contributed by atoms with Gasteiger partial charge in [-0.15, -0.1) is 0 Å². The van der Waals surface area contributed by atoms with Crippen molar-refractivity contribution in [2.45, 2.75) is 58.2 Å². The van der Waals surface area contributed by atoms with Gasteiger partial charge in [-0.1, -0.05) is 43.7 Å². The Morgan fingerprint density at radius 1 is 1.29 bits per heavy atom. The topological polar surface area (TPSA) is 32.3 Å². The van der Waals surface area contributed by atoms with Crippen LogP contribution >= 0.6 is 0 Å². The van der Waals surface area contributed by atoms with Crippen LogP contribution in [0.1, 0.15) is 56.8 Å². The van der Waals surface area contributed by atoms with Crippen molar-refractivity contribution < 1.29 is 4.79 Å². The van der Waals surface area contributed by atoms with Gasteiger partial charge in [-0.05, 0) is 44.1 Å². The lowest BCUT2D eigenvalue weighted by Crippen LogP contribution is -2.33. The maximum atomic E-state index is 12.7. The van der Waals surface area contributed by atoms with Gasteiger partial charge in [-0.3, -0.25) is 10.1 Å². The van der Waals surface area contributed by atoms with Crippen molar-refractivity contribution in [3.05, 3.63) is 35.4 Å². The highest BCUT2D eigenvalue weighted by molar-refractivity contribution is 5.92. The molecule has 1 heterocycles. The Bertz CT molecular complexity index is 517. The fraction of sp³-hybridized carbons (Fsp3) is 0.611. The van der Waals surface area contributed by atoms with E-state index in [2.05, 4.69) is 55.3 Å². The number of rotatable bonds is 5. The van der Waals surface area contributed by atoms with Gasteiger partial charge in [0.15, 0.2) is 0 Å². The summed E-state index contributed by atoms with van der Waals surface area (Å²) in [6.45, 7) is 7.44. The van der Waals surface area contributed by atoms with Crippen molar-refractivity contribution >= 4 is 5.91 Å². The Kier molecular flexibility index (Phi) is 3.78. The lowest BCUT2D eigenvalue weighted by atomic mass is 10.1. The second kappa shape index (κ2) is 5.45. The van der Waals surface area contributed by atoms with Gasteiger partial charge in [0.05, 0.1) is 0 Å². The zero-order chi connectivity index (χ0) is 15.0. The summed E-state index contributed by atoms with van der Waals surface area (Å²) in [4.78, 5) is 14.7. The maximum absolute atomic E-state index is 12.7. The van der Waals surface area contributed by atoms with E-state index in [-0.39, 0.29) is 11.7 Å². The molecule has 21 heavy (non-hydrogen) atoms. The van der Waals surface area contributed by atoms with Crippen LogP contribution in [-0.2, 0) is 4.79 Å². The number of amides is 1. The summed E-state index contributed by atoms with van der Waals surface area (Å²) in [6, 6.07) is 8.56. The molecule has 1 saturated heterocycles. The first kappa shape index (κ1) is 14.6. The first-order chi connectivity index (χ1) is 10.0. The number of hydrogen-bond donors (Lipinski definition) is 1. The first-order valence-corrected chi connectivity index (χ1v) is 8.17. The molecular formula is C18H26N2O. The number of hydrogen-bond acceptors (Lipinski definition) is 2. The van der Waals surface area contributed by atoms with Crippen molar-refractivity contribution in [2.24, 2.45) is 5.92 Å². The van der Waals surface area contributed by atoms with Crippen LogP contribution < -0.4 is 5.32 Å². The summed E-state index contributed by atoms with van der Waals surface area (Å²) in [7, 11) is 0. The number of nitrogens with zero attached hydrogens (tertiary/aromatic N) is 1. The van der Waals surface area contributed by atoms with Gasteiger partial charge >= 0.3 is 0 Å². The van der Waals surface area contributed by atoms with Crippen LogP contribution in [0, 0.1) is 12.8 Å². The minimum Gasteiger partial charge on any atom is -0.321 e. The van der Waals surface area contributed by atoms with Gasteiger partial charge in [0, 0.05) is 6.54 Å². The molecule has 0 aromatic heterocycles. The van der Waals surface area contributed by atoms with E-state index >= 15 is 0 Å². The molecule has 1 amide bonds. The molecule has 2 aliphatic rings. The molecule has 114 valence electrons. The number of benzene rings is 1. The van der Waals surface area contributed by atoms with E-state index in [0.29, 0.717) is 11.8 Å². The van der Waals surface area contributed by atoms with Crippen LogP contribution in [0.4, 0.5) is 0 Å². The SMILES string of the molecule is Cc1ccc(C2NC3(CC3)C(=O)N2CCCC(C)C)cc1. The molecule has 3 nitrogen and oxygen atoms in total. The van der Waals surface area contributed by atoms with Gasteiger partial charge in [-0.2, -0.15) is 0 Å². The van der Waals surface area contributed by atoms with E-state index in [1.165, 1.54) is 17.5 Å². The normalized spacial score (nSPS) is 23.3. The highest BCUT2D eigenvalue weighted by atomic mass is 16.2. The van der Waals surface area contributed by atoms with E-state index in [4.69, 9.17) is 0 Å². The Labute approximate surface area is 127 Å². The van der Waals surface area contributed by atoms with Gasteiger partial charge in [0.25, 0.3) is 0 Å². The summed E-state index contributed by atoms with van der Waals surface area (Å²) in [5, 5.41) is 3.59. The predicted octanol–water partition coefficient (Wildman–Crippen LogP) is 3.39. The van der Waals surface area contributed by atoms with E-state index in [9.17, 15) is 4.79 Å². The van der Waals surface area contributed by atoms with E-state index in [0.717, 1.165) is 25.8 Å². The number of carbonyl (C=O) groups is 1. The van der Waals surface area contributed by atoms with E-state index in [1.54, 1.807) is 0 Å². The first-order valence-electron chi connectivity index (χ1n) is 8.17. The highest BCUT2D eigenvalue weighted by Gasteiger charge is 2.59. The van der Waals surface area contributed by atoms with E-state index < -0.39 is 0 Å². The molecule has 2 fully saturated rings. The summed E-state index contributed by atoms with van der Waals surface area (Å²) in [5.74, 6) is 1.01. The average molecular weight is 286 g/mol. The smallest absolute Gasteiger partial charge is 0.244 e. The highest BCUT2D eigenvalue weighted by Crippen LogP contribution is 2.46. The van der Waals surface area contributed by atoms with Crippen molar-refractivity contribution in [3.63, 3.8) is 0 Å². The van der Waals surface area contributed by atoms with Gasteiger partial charge in [0.1, 0.15) is 11.7 Å². The molecule has 1 aliphatic carbocycles. The lowest BCUT2D eigenvalue weighted by molar-refractivity contribution is -0.131. The zero-order valence-corrected chi connectivity index (χ0v) is 13.4. The van der Waals surface area contributed by atoms with Crippen LogP contribution in [-0.4, -0.2) is 22.9 Å². The van der Waals surface area contributed by atoms with Crippen LogP contribution in [0.15, 0.2) is 24.3 Å². The molecular weight excluding hydrogens is 260 g/mol. The monoisotopic (exact) mass is 286 g/mol. The largest absolute Gasteiger partial charge is 0.321 e. The second-order valence-corrected chi connectivity index (χ2v) is 7.07. The third-order valence-electron chi connectivity index (χ3n) is 4.72. The Hall–Kier alpha value is -1.35. The number of carbonyl (C=O) groups excluding carboxylic acids is 1. The Morgan fingerprint density at radius 3 is 2.52 bits per heavy atom. The molecule has 3 rings (SSSR count). The van der Waals surface area contributed by atoms with Crippen molar-refractivity contribution in [1.82, 2.24) is 10.2 Å². The zero-order valence-electron chi connectivity index (χ0n) is 13.4. The molecule has 0 bridgehead atoms. The molecule has 3 heteroatoms. The molecule has 0 radical (unpaired) electrons. The summed E-state index contributed by atoms with van der Waals surface area (Å²) in [5.41, 5.74) is 2.24. The molecule has 1 spiro atoms. The van der Waals surface area contributed by atoms with Crippen molar-refractivity contribution in [3.8, 4) is 0 Å². The Morgan fingerprint density at radius 2 is 1.95 bits per heavy atom. The molecule has 1 aromatic carbocycles. The molecule has 1 N–H and O–H groups in total. The lowest BCUT2D eigenvalue weighted by Gasteiger charge is -2.25. The molecule has 1 aliphatic heterocycles. The van der Waals surface area contributed by atoms with Crippen LogP contribution in [0.5, 0.6) is 0 Å². The number of aryl methyl sites for hydroxylation is 1. The number of nitrogens with one attached hydrogen (secondary N) is 1. The predicted molar refractivity (Wildman–Crippen MR) is 84.8 cm³/mol. The van der Waals surface area contributed by atoms with Crippen molar-refractivity contribution in [2.75, 3.05) is 6.54 Å². The van der Waals surface area contributed by atoms with E-state index in [1.807, 2.05) is 0 Å². The standard InChI is InChI=1S/C18H26N2O/c1-13(2)5-4-12-20-16(15-8-6-14(3)7-9-15)19-18(10-11-18)17(20)21/h6-9,13,16,19H,4-5,10-12H2,1-3H3.